The van der Waals surface area contributed by atoms with Gasteiger partial charge in [-0.3, -0.25) is 19.9 Å². The van der Waals surface area contributed by atoms with Crippen LogP contribution in [-0.4, -0.2) is 39.0 Å². The molecular weight excluding hydrogens is 534 g/mol. The quantitative estimate of drug-likeness (QED) is 0.165. The first-order valence-electron chi connectivity index (χ1n) is 14.2. The van der Waals surface area contributed by atoms with Crippen molar-refractivity contribution in [2.75, 3.05) is 6.54 Å². The summed E-state index contributed by atoms with van der Waals surface area (Å²) in [5.41, 5.74) is 1.51. The molecule has 42 heavy (non-hydrogen) atoms. The van der Waals surface area contributed by atoms with E-state index in [2.05, 4.69) is 20.6 Å². The topological polar surface area (TPSA) is 139 Å². The van der Waals surface area contributed by atoms with Crippen LogP contribution < -0.4 is 10.6 Å². The number of hydrogen-bond donors (Lipinski definition) is 3. The second-order valence-electron chi connectivity index (χ2n) is 11.2. The van der Waals surface area contributed by atoms with Crippen LogP contribution >= 0.6 is 0 Å². The van der Waals surface area contributed by atoms with Crippen molar-refractivity contribution >= 4 is 28.6 Å². The Bertz CT molecular complexity index is 1560. The SMILES string of the molecule is C[C@@](Cc1c[nH]c2ccccc12)(NC(=O)OCc1cccc([N+](=O)[O-])c1)C(=O)NCC1(c2ccccn2)CCCCC1. The van der Waals surface area contributed by atoms with Crippen LogP contribution in [-0.2, 0) is 28.0 Å². The number of nitrogens with zero attached hydrogens (tertiary/aromatic N) is 2. The molecule has 0 aliphatic heterocycles. The fourth-order valence-electron chi connectivity index (χ4n) is 5.88. The van der Waals surface area contributed by atoms with Crippen molar-refractivity contribution in [2.45, 2.75) is 63.0 Å². The molecule has 1 aliphatic carbocycles. The second-order valence-corrected chi connectivity index (χ2v) is 11.2. The van der Waals surface area contributed by atoms with Crippen LogP contribution in [0.5, 0.6) is 0 Å². The molecule has 1 fully saturated rings. The number of rotatable bonds is 10. The summed E-state index contributed by atoms with van der Waals surface area (Å²) in [6.45, 7) is 1.91. The van der Waals surface area contributed by atoms with Gasteiger partial charge in [0.05, 0.1) is 4.92 Å². The average Bonchev–Trinajstić information content (AvgIpc) is 3.42. The third-order valence-electron chi connectivity index (χ3n) is 8.20. The molecule has 0 radical (unpaired) electrons. The van der Waals surface area contributed by atoms with E-state index in [0.717, 1.165) is 54.3 Å². The van der Waals surface area contributed by atoms with Gasteiger partial charge >= 0.3 is 6.09 Å². The number of nitrogens with one attached hydrogen (secondary N) is 3. The van der Waals surface area contributed by atoms with Crippen LogP contribution in [0.25, 0.3) is 10.9 Å². The van der Waals surface area contributed by atoms with E-state index in [1.54, 1.807) is 19.2 Å². The number of hydrogen-bond acceptors (Lipinski definition) is 6. The van der Waals surface area contributed by atoms with Gasteiger partial charge in [-0.15, -0.1) is 0 Å². The van der Waals surface area contributed by atoms with Gasteiger partial charge in [-0.05, 0) is 49.1 Å². The highest BCUT2D eigenvalue weighted by atomic mass is 16.6. The minimum Gasteiger partial charge on any atom is -0.445 e. The number of amides is 2. The highest BCUT2D eigenvalue weighted by Crippen LogP contribution is 2.38. The summed E-state index contributed by atoms with van der Waals surface area (Å²) in [4.78, 5) is 45.6. The number of ether oxygens (including phenoxy) is 1. The zero-order valence-corrected chi connectivity index (χ0v) is 23.6. The number of nitro benzene ring substituents is 1. The molecule has 10 nitrogen and oxygen atoms in total. The fraction of sp³-hybridized carbons (Fsp3) is 0.344. The highest BCUT2D eigenvalue weighted by molar-refractivity contribution is 5.91. The number of nitro groups is 1. The standard InChI is InChI=1S/C32H35N5O5/c1-31(19-24-20-34-27-13-4-3-12-26(24)27,36-30(39)42-21-23-10-9-11-25(18-23)37(40)41)29(38)35-22-32(15-6-2-7-16-32)28-14-5-8-17-33-28/h3-5,8-14,17-18,20,34H,2,6-7,15-16,19,21-22H2,1H3,(H,35,38)(H,36,39)/t31-/m0/s1. The van der Waals surface area contributed by atoms with E-state index in [1.165, 1.54) is 18.2 Å². The first-order chi connectivity index (χ1) is 20.3. The summed E-state index contributed by atoms with van der Waals surface area (Å²) in [6.07, 6.45) is 8.16. The molecule has 0 unspecified atom stereocenters. The van der Waals surface area contributed by atoms with Crippen LogP contribution in [0, 0.1) is 10.1 Å². The molecule has 1 aliphatic rings. The van der Waals surface area contributed by atoms with Gasteiger partial charge in [0.25, 0.3) is 5.69 Å². The van der Waals surface area contributed by atoms with E-state index >= 15 is 0 Å². The molecule has 2 heterocycles. The van der Waals surface area contributed by atoms with Gasteiger partial charge < -0.3 is 20.4 Å². The second kappa shape index (κ2) is 12.4. The predicted octanol–water partition coefficient (Wildman–Crippen LogP) is 5.72. The average molecular weight is 570 g/mol. The lowest BCUT2D eigenvalue weighted by atomic mass is 9.71. The first-order valence-corrected chi connectivity index (χ1v) is 14.2. The molecule has 1 saturated carbocycles. The predicted molar refractivity (Wildman–Crippen MR) is 159 cm³/mol. The van der Waals surface area contributed by atoms with Crippen molar-refractivity contribution in [1.82, 2.24) is 20.6 Å². The van der Waals surface area contributed by atoms with Gasteiger partial charge in [0, 0.05) is 59.5 Å². The summed E-state index contributed by atoms with van der Waals surface area (Å²) >= 11 is 0. The van der Waals surface area contributed by atoms with Crippen molar-refractivity contribution in [3.05, 3.63) is 106 Å². The Hall–Kier alpha value is -4.73. The van der Waals surface area contributed by atoms with Crippen molar-refractivity contribution in [2.24, 2.45) is 0 Å². The zero-order valence-electron chi connectivity index (χ0n) is 23.6. The third-order valence-corrected chi connectivity index (χ3v) is 8.20. The van der Waals surface area contributed by atoms with Gasteiger partial charge in [0.2, 0.25) is 5.91 Å². The maximum atomic E-state index is 14.0. The third kappa shape index (κ3) is 6.43. The number of pyridine rings is 1. The smallest absolute Gasteiger partial charge is 0.408 e. The van der Waals surface area contributed by atoms with E-state index in [4.69, 9.17) is 4.74 Å². The van der Waals surface area contributed by atoms with E-state index in [-0.39, 0.29) is 30.0 Å². The number of para-hydroxylation sites is 1. The molecule has 3 N–H and O–H groups in total. The number of fused-ring (bicyclic) bond motifs is 1. The Balaban J connectivity index is 1.35. The van der Waals surface area contributed by atoms with E-state index < -0.39 is 16.6 Å². The molecule has 0 saturated heterocycles. The van der Waals surface area contributed by atoms with Gasteiger partial charge in [0.1, 0.15) is 12.1 Å². The van der Waals surface area contributed by atoms with E-state index in [9.17, 15) is 19.7 Å². The van der Waals surface area contributed by atoms with Crippen molar-refractivity contribution < 1.29 is 19.2 Å². The van der Waals surface area contributed by atoms with Gasteiger partial charge in [0.15, 0.2) is 0 Å². The summed E-state index contributed by atoms with van der Waals surface area (Å²) in [6, 6.07) is 19.6. The monoisotopic (exact) mass is 569 g/mol. The minimum absolute atomic E-state index is 0.0930. The summed E-state index contributed by atoms with van der Waals surface area (Å²) in [5, 5.41) is 18.0. The number of H-pyrrole nitrogens is 1. The summed E-state index contributed by atoms with van der Waals surface area (Å²) in [7, 11) is 0. The number of aromatic amines is 1. The molecule has 5 rings (SSSR count). The summed E-state index contributed by atoms with van der Waals surface area (Å²) in [5.74, 6) is -0.332. The number of carbonyl (C=O) groups excluding carboxylic acids is 2. The molecule has 2 amide bonds. The summed E-state index contributed by atoms with van der Waals surface area (Å²) < 4.78 is 5.43. The molecule has 2 aromatic carbocycles. The molecular formula is C32H35N5O5. The highest BCUT2D eigenvalue weighted by Gasteiger charge is 2.40. The number of non-ortho nitro benzene ring substituents is 1. The largest absolute Gasteiger partial charge is 0.445 e. The number of alkyl carbamates (subject to hydrolysis) is 1. The number of benzene rings is 2. The van der Waals surface area contributed by atoms with Crippen LogP contribution in [0.1, 0.15) is 55.8 Å². The Labute approximate surface area is 244 Å². The molecule has 218 valence electrons. The van der Waals surface area contributed by atoms with Crippen LogP contribution in [0.15, 0.2) is 79.1 Å². The molecule has 0 bridgehead atoms. The Kier molecular flexibility index (Phi) is 8.51. The van der Waals surface area contributed by atoms with E-state index in [0.29, 0.717) is 12.1 Å². The molecule has 2 aromatic heterocycles. The van der Waals surface area contributed by atoms with Crippen molar-refractivity contribution in [3.8, 4) is 0 Å². The number of aromatic nitrogens is 2. The minimum atomic E-state index is -1.36. The Morgan fingerprint density at radius 1 is 1.07 bits per heavy atom. The maximum absolute atomic E-state index is 14.0. The van der Waals surface area contributed by atoms with Crippen LogP contribution in [0.4, 0.5) is 10.5 Å². The van der Waals surface area contributed by atoms with Crippen LogP contribution in [0.2, 0.25) is 0 Å². The maximum Gasteiger partial charge on any atom is 0.408 e. The molecule has 0 spiro atoms. The first kappa shape index (κ1) is 28.8. The van der Waals surface area contributed by atoms with E-state index in [1.807, 2.05) is 48.7 Å². The fourth-order valence-corrected chi connectivity index (χ4v) is 5.88. The normalized spacial score (nSPS) is 15.8. The molecule has 4 aromatic rings. The van der Waals surface area contributed by atoms with Gasteiger partial charge in [-0.2, -0.15) is 0 Å². The van der Waals surface area contributed by atoms with Crippen molar-refractivity contribution in [1.29, 1.82) is 0 Å². The van der Waals surface area contributed by atoms with Gasteiger partial charge in [-0.25, -0.2) is 4.79 Å². The molecule has 10 heteroatoms. The van der Waals surface area contributed by atoms with Crippen molar-refractivity contribution in [3.63, 3.8) is 0 Å². The van der Waals surface area contributed by atoms with Gasteiger partial charge in [-0.1, -0.05) is 55.7 Å². The lowest BCUT2D eigenvalue weighted by molar-refractivity contribution is -0.384. The zero-order chi connectivity index (χ0) is 29.6. The number of carbonyl (C=O) groups is 2. The Morgan fingerprint density at radius 2 is 1.86 bits per heavy atom. The lowest BCUT2D eigenvalue weighted by Gasteiger charge is -2.38. The van der Waals surface area contributed by atoms with Crippen LogP contribution in [0.3, 0.4) is 0 Å². The molecule has 1 atom stereocenters. The lowest BCUT2D eigenvalue weighted by Crippen LogP contribution is -2.59. The Morgan fingerprint density at radius 3 is 2.62 bits per heavy atom.